The van der Waals surface area contributed by atoms with Crippen LogP contribution in [0.1, 0.15) is 12.8 Å². The fraction of sp³-hybridized carbons (Fsp3) is 0.500. The van der Waals surface area contributed by atoms with Crippen LogP contribution in [0.25, 0.3) is 0 Å². The Kier molecular flexibility index (Phi) is 2.77. The summed E-state index contributed by atoms with van der Waals surface area (Å²) in [5.74, 6) is 0.264. The largest absolute Gasteiger partial charge is 0.341 e. The Hall–Kier alpha value is -1.70. The first-order valence-corrected chi connectivity index (χ1v) is 4.91. The maximum absolute atomic E-state index is 12.6. The van der Waals surface area contributed by atoms with Crippen molar-refractivity contribution in [3.63, 3.8) is 0 Å². The van der Waals surface area contributed by atoms with Crippen molar-refractivity contribution in [1.29, 1.82) is 5.26 Å². The van der Waals surface area contributed by atoms with Gasteiger partial charge in [-0.15, -0.1) is 0 Å². The Bertz CT molecular complexity index is 362. The molecule has 0 amide bonds. The molecule has 1 saturated heterocycles. The maximum atomic E-state index is 12.6. The van der Waals surface area contributed by atoms with E-state index in [2.05, 4.69) is 16.0 Å². The minimum Gasteiger partial charge on any atom is -0.341 e. The molecule has 0 spiro atoms. The lowest BCUT2D eigenvalue weighted by molar-refractivity contribution is 0.481. The van der Waals surface area contributed by atoms with Crippen LogP contribution in [-0.2, 0) is 0 Å². The third kappa shape index (κ3) is 2.21. The van der Waals surface area contributed by atoms with Gasteiger partial charge in [0.1, 0.15) is 0 Å². The van der Waals surface area contributed by atoms with Crippen molar-refractivity contribution < 1.29 is 4.39 Å². The first-order valence-electron chi connectivity index (χ1n) is 4.91. The number of hydrogen-bond donors (Lipinski definition) is 0. The molecule has 1 fully saturated rings. The monoisotopic (exact) mass is 206 g/mol. The van der Waals surface area contributed by atoms with Gasteiger partial charge < -0.3 is 4.90 Å². The van der Waals surface area contributed by atoms with Crippen molar-refractivity contribution in [1.82, 2.24) is 9.97 Å². The summed E-state index contributed by atoms with van der Waals surface area (Å²) in [5, 5.41) is 8.73. The van der Waals surface area contributed by atoms with Crippen LogP contribution in [0.3, 0.4) is 0 Å². The average Bonchev–Trinajstić information content (AvgIpc) is 2.30. The predicted molar refractivity (Wildman–Crippen MR) is 52.5 cm³/mol. The van der Waals surface area contributed by atoms with E-state index in [4.69, 9.17) is 5.26 Å². The van der Waals surface area contributed by atoms with Gasteiger partial charge in [-0.05, 0) is 12.8 Å². The zero-order valence-corrected chi connectivity index (χ0v) is 8.23. The molecule has 2 heterocycles. The second-order valence-corrected chi connectivity index (χ2v) is 3.59. The molecule has 5 heteroatoms. The van der Waals surface area contributed by atoms with Gasteiger partial charge in [0.05, 0.1) is 18.5 Å². The quantitative estimate of drug-likeness (QED) is 0.696. The molecular formula is C10H11FN4. The molecule has 15 heavy (non-hydrogen) atoms. The summed E-state index contributed by atoms with van der Waals surface area (Å²) in [7, 11) is 0. The van der Waals surface area contributed by atoms with Gasteiger partial charge in [-0.3, -0.25) is 0 Å². The number of rotatable bonds is 1. The SMILES string of the molecule is N#CC1CCN(c2ncc(F)cn2)CC1. The van der Waals surface area contributed by atoms with E-state index < -0.39 is 5.82 Å². The zero-order valence-electron chi connectivity index (χ0n) is 8.23. The molecule has 4 nitrogen and oxygen atoms in total. The van der Waals surface area contributed by atoms with Gasteiger partial charge in [0, 0.05) is 19.0 Å². The number of aromatic nitrogens is 2. The molecule has 0 saturated carbocycles. The van der Waals surface area contributed by atoms with E-state index in [0.29, 0.717) is 5.95 Å². The molecule has 0 bridgehead atoms. The van der Waals surface area contributed by atoms with Crippen LogP contribution in [-0.4, -0.2) is 23.1 Å². The van der Waals surface area contributed by atoms with Crippen LogP contribution in [0, 0.1) is 23.1 Å². The summed E-state index contributed by atoms with van der Waals surface area (Å²) < 4.78 is 12.6. The van der Waals surface area contributed by atoms with Crippen LogP contribution in [0.15, 0.2) is 12.4 Å². The number of anilines is 1. The molecule has 0 unspecified atom stereocenters. The minimum absolute atomic E-state index is 0.140. The van der Waals surface area contributed by atoms with E-state index in [-0.39, 0.29) is 5.92 Å². The number of hydrogen-bond acceptors (Lipinski definition) is 4. The average molecular weight is 206 g/mol. The van der Waals surface area contributed by atoms with Gasteiger partial charge >= 0.3 is 0 Å². The first kappa shape index (κ1) is 9.84. The highest BCUT2D eigenvalue weighted by Gasteiger charge is 2.20. The van der Waals surface area contributed by atoms with Crippen molar-refractivity contribution in [3.8, 4) is 6.07 Å². The van der Waals surface area contributed by atoms with Gasteiger partial charge in [-0.1, -0.05) is 0 Å². The highest BCUT2D eigenvalue weighted by molar-refractivity contribution is 5.29. The predicted octanol–water partition coefficient (Wildman–Crippen LogP) is 1.36. The highest BCUT2D eigenvalue weighted by Crippen LogP contribution is 2.19. The van der Waals surface area contributed by atoms with Crippen LogP contribution >= 0.6 is 0 Å². The minimum atomic E-state index is -0.425. The summed E-state index contributed by atoms with van der Waals surface area (Å²) >= 11 is 0. The molecule has 1 aromatic rings. The summed E-state index contributed by atoms with van der Waals surface area (Å²) in [5.41, 5.74) is 0. The molecule has 2 rings (SSSR count). The Balaban J connectivity index is 2.02. The second kappa shape index (κ2) is 4.22. The molecule has 0 aromatic carbocycles. The molecule has 78 valence electrons. The van der Waals surface area contributed by atoms with Crippen molar-refractivity contribution in [2.75, 3.05) is 18.0 Å². The van der Waals surface area contributed by atoms with Gasteiger partial charge in [0.15, 0.2) is 5.82 Å². The van der Waals surface area contributed by atoms with E-state index in [1.54, 1.807) is 0 Å². The number of nitrogens with zero attached hydrogens (tertiary/aromatic N) is 4. The van der Waals surface area contributed by atoms with E-state index in [9.17, 15) is 4.39 Å². The van der Waals surface area contributed by atoms with Gasteiger partial charge in [-0.2, -0.15) is 5.26 Å². The van der Waals surface area contributed by atoms with Crippen molar-refractivity contribution >= 4 is 5.95 Å². The third-order valence-electron chi connectivity index (χ3n) is 2.57. The summed E-state index contributed by atoms with van der Waals surface area (Å²) in [6.07, 6.45) is 3.99. The highest BCUT2D eigenvalue weighted by atomic mass is 19.1. The number of halogens is 1. The Morgan fingerprint density at radius 3 is 2.47 bits per heavy atom. The fourth-order valence-corrected chi connectivity index (χ4v) is 1.68. The lowest BCUT2D eigenvalue weighted by Gasteiger charge is -2.28. The molecule has 0 aliphatic carbocycles. The molecule has 1 aliphatic rings. The van der Waals surface area contributed by atoms with Crippen LogP contribution in [0.4, 0.5) is 10.3 Å². The van der Waals surface area contributed by atoms with Crippen molar-refractivity contribution in [2.45, 2.75) is 12.8 Å². The van der Waals surface area contributed by atoms with E-state index in [0.717, 1.165) is 25.9 Å². The van der Waals surface area contributed by atoms with Crippen LogP contribution in [0.2, 0.25) is 0 Å². The third-order valence-corrected chi connectivity index (χ3v) is 2.57. The van der Waals surface area contributed by atoms with Gasteiger partial charge in [0.25, 0.3) is 0 Å². The van der Waals surface area contributed by atoms with Crippen LogP contribution in [0.5, 0.6) is 0 Å². The number of piperidine rings is 1. The lowest BCUT2D eigenvalue weighted by atomic mass is 9.99. The van der Waals surface area contributed by atoms with E-state index in [1.807, 2.05) is 4.90 Å². The molecule has 0 atom stereocenters. The van der Waals surface area contributed by atoms with Crippen molar-refractivity contribution in [2.24, 2.45) is 5.92 Å². The van der Waals surface area contributed by atoms with Crippen molar-refractivity contribution in [3.05, 3.63) is 18.2 Å². The first-order chi connectivity index (χ1) is 7.29. The van der Waals surface area contributed by atoms with E-state index in [1.165, 1.54) is 12.4 Å². The second-order valence-electron chi connectivity index (χ2n) is 3.59. The number of nitriles is 1. The Morgan fingerprint density at radius 2 is 1.93 bits per heavy atom. The zero-order chi connectivity index (χ0) is 10.7. The molecule has 1 aromatic heterocycles. The fourth-order valence-electron chi connectivity index (χ4n) is 1.68. The van der Waals surface area contributed by atoms with Gasteiger partial charge in [0.2, 0.25) is 5.95 Å². The van der Waals surface area contributed by atoms with E-state index >= 15 is 0 Å². The smallest absolute Gasteiger partial charge is 0.225 e. The van der Waals surface area contributed by atoms with Gasteiger partial charge in [-0.25, -0.2) is 14.4 Å². The Labute approximate surface area is 87.4 Å². The summed E-state index contributed by atoms with van der Waals surface area (Å²) in [6, 6.07) is 2.26. The summed E-state index contributed by atoms with van der Waals surface area (Å²) in [4.78, 5) is 9.80. The topological polar surface area (TPSA) is 52.8 Å². The standard InChI is InChI=1S/C10H11FN4/c11-9-6-13-10(14-7-9)15-3-1-8(5-12)2-4-15/h6-8H,1-4H2. The molecular weight excluding hydrogens is 195 g/mol. The summed E-state index contributed by atoms with van der Waals surface area (Å²) in [6.45, 7) is 1.54. The lowest BCUT2D eigenvalue weighted by Crippen LogP contribution is -2.34. The normalized spacial score (nSPS) is 17.5. The Morgan fingerprint density at radius 1 is 1.33 bits per heavy atom. The van der Waals surface area contributed by atoms with Crippen LogP contribution < -0.4 is 4.90 Å². The molecule has 1 aliphatic heterocycles. The molecule has 0 radical (unpaired) electrons. The maximum Gasteiger partial charge on any atom is 0.225 e. The molecule has 0 N–H and O–H groups in total.